The first-order chi connectivity index (χ1) is 16.7. The van der Waals surface area contributed by atoms with Gasteiger partial charge in [0.25, 0.3) is 0 Å². The fourth-order valence-corrected chi connectivity index (χ4v) is 6.01. The largest absolute Gasteiger partial charge is 0.349 e. The minimum Gasteiger partial charge on any atom is -0.349 e. The molecule has 2 amide bonds. The number of rotatable bonds is 2. The summed E-state index contributed by atoms with van der Waals surface area (Å²) in [6.45, 7) is 1.92. The average molecular weight is 506 g/mol. The molecule has 0 saturated carbocycles. The third-order valence-electron chi connectivity index (χ3n) is 7.03. The molecule has 2 saturated heterocycles. The van der Waals surface area contributed by atoms with Crippen LogP contribution in [0.4, 0.5) is 5.69 Å². The molecule has 35 heavy (non-hydrogen) atoms. The quantitative estimate of drug-likeness (QED) is 0.361. The Labute approximate surface area is 210 Å². The molecular weight excluding hydrogens is 489 g/mol. The Morgan fingerprint density at radius 3 is 1.94 bits per heavy atom. The van der Waals surface area contributed by atoms with Crippen LogP contribution in [0.15, 0.2) is 66.7 Å². The SMILES string of the molecule is Cc1ccc([C@@H]2OC3(C(=O)c4ccccc4C3=O)[C@@H]3C(=O)N(c4cc(Cl)cc(Cl)c4)C(=O)[C@H]32)cc1. The van der Waals surface area contributed by atoms with E-state index in [9.17, 15) is 19.2 Å². The molecule has 2 fully saturated rings. The van der Waals surface area contributed by atoms with Gasteiger partial charge in [-0.2, -0.15) is 0 Å². The Kier molecular flexibility index (Phi) is 4.81. The maximum absolute atomic E-state index is 13.9. The highest BCUT2D eigenvalue weighted by Gasteiger charge is 2.74. The number of imide groups is 1. The topological polar surface area (TPSA) is 80.8 Å². The summed E-state index contributed by atoms with van der Waals surface area (Å²) in [6, 6.07) is 18.0. The Bertz CT molecular complexity index is 1410. The molecular formula is C27H17Cl2NO5. The number of hydrogen-bond acceptors (Lipinski definition) is 5. The number of aryl methyl sites for hydroxylation is 1. The van der Waals surface area contributed by atoms with Crippen molar-refractivity contribution >= 4 is 52.3 Å². The number of halogens is 2. The molecule has 1 aliphatic carbocycles. The van der Waals surface area contributed by atoms with Crippen LogP contribution in [-0.4, -0.2) is 29.0 Å². The molecule has 2 aliphatic heterocycles. The predicted octanol–water partition coefficient (Wildman–Crippen LogP) is 5.00. The Morgan fingerprint density at radius 1 is 0.800 bits per heavy atom. The minimum atomic E-state index is -2.12. The number of hydrogen-bond donors (Lipinski definition) is 0. The lowest BCUT2D eigenvalue weighted by molar-refractivity contribution is -0.127. The molecule has 6 rings (SSSR count). The number of ketones is 2. The van der Waals surface area contributed by atoms with E-state index in [0.717, 1.165) is 10.5 Å². The zero-order chi connectivity index (χ0) is 24.6. The number of ether oxygens (including phenoxy) is 1. The summed E-state index contributed by atoms with van der Waals surface area (Å²) in [5.41, 5.74) is 0.0256. The molecule has 0 unspecified atom stereocenters. The smallest absolute Gasteiger partial charge is 0.241 e. The Morgan fingerprint density at radius 2 is 1.37 bits per heavy atom. The van der Waals surface area contributed by atoms with Crippen LogP contribution in [0.3, 0.4) is 0 Å². The van der Waals surface area contributed by atoms with Gasteiger partial charge in [0, 0.05) is 21.2 Å². The molecule has 1 spiro atoms. The van der Waals surface area contributed by atoms with Crippen molar-refractivity contribution in [2.24, 2.45) is 11.8 Å². The number of Topliss-reactive ketones (excluding diaryl/α,β-unsaturated/α-hetero) is 2. The summed E-state index contributed by atoms with van der Waals surface area (Å²) in [5.74, 6) is -4.87. The second-order valence-corrected chi connectivity index (χ2v) is 9.90. The number of nitrogens with zero attached hydrogens (tertiary/aromatic N) is 1. The van der Waals surface area contributed by atoms with Crippen molar-refractivity contribution < 1.29 is 23.9 Å². The number of amides is 2. The van der Waals surface area contributed by atoms with Gasteiger partial charge in [-0.05, 0) is 30.7 Å². The number of carbonyl (C=O) groups is 4. The van der Waals surface area contributed by atoms with Crippen LogP contribution in [-0.2, 0) is 14.3 Å². The summed E-state index contributed by atoms with van der Waals surface area (Å²) in [4.78, 5) is 56.2. The molecule has 3 aliphatic rings. The first-order valence-electron chi connectivity index (χ1n) is 11.0. The molecule has 6 nitrogen and oxygen atoms in total. The van der Waals surface area contributed by atoms with Crippen LogP contribution >= 0.6 is 23.2 Å². The first kappa shape index (κ1) is 22.2. The van der Waals surface area contributed by atoms with E-state index in [4.69, 9.17) is 27.9 Å². The molecule has 3 atom stereocenters. The normalized spacial score (nSPS) is 24.4. The van der Waals surface area contributed by atoms with Crippen LogP contribution in [0.1, 0.15) is 37.9 Å². The number of carbonyl (C=O) groups excluding carboxylic acids is 4. The first-order valence-corrected chi connectivity index (χ1v) is 11.8. The summed E-state index contributed by atoms with van der Waals surface area (Å²) in [7, 11) is 0. The van der Waals surface area contributed by atoms with E-state index in [-0.39, 0.29) is 26.9 Å². The van der Waals surface area contributed by atoms with E-state index >= 15 is 0 Å². The average Bonchev–Trinajstić information content (AvgIpc) is 3.39. The second kappa shape index (κ2) is 7.59. The maximum Gasteiger partial charge on any atom is 0.241 e. The summed E-state index contributed by atoms with van der Waals surface area (Å²) >= 11 is 12.3. The highest BCUT2D eigenvalue weighted by molar-refractivity contribution is 6.38. The molecule has 174 valence electrons. The standard InChI is InChI=1S/C27H17Cl2NO5/c1-13-6-8-14(9-7-13)22-20-21(26(34)30(25(20)33)17-11-15(28)10-16(29)12-17)27(35-22)23(31)18-4-2-3-5-19(18)24(27)32/h2-12,20-22H,1H3/t20-,21+,22+/m1/s1. The van der Waals surface area contributed by atoms with Gasteiger partial charge in [0.1, 0.15) is 0 Å². The van der Waals surface area contributed by atoms with Crippen LogP contribution in [0.25, 0.3) is 0 Å². The van der Waals surface area contributed by atoms with E-state index in [1.54, 1.807) is 24.3 Å². The summed E-state index contributed by atoms with van der Waals surface area (Å²) in [6.07, 6.45) is -0.973. The highest BCUT2D eigenvalue weighted by Crippen LogP contribution is 2.57. The van der Waals surface area contributed by atoms with Gasteiger partial charge in [-0.25, -0.2) is 4.90 Å². The fourth-order valence-electron chi connectivity index (χ4n) is 5.50. The second-order valence-electron chi connectivity index (χ2n) is 9.03. The van der Waals surface area contributed by atoms with Crippen molar-refractivity contribution in [3.8, 4) is 0 Å². The predicted molar refractivity (Wildman–Crippen MR) is 129 cm³/mol. The van der Waals surface area contributed by atoms with Crippen LogP contribution in [0.5, 0.6) is 0 Å². The van der Waals surface area contributed by atoms with Crippen molar-refractivity contribution in [1.82, 2.24) is 0 Å². The van der Waals surface area contributed by atoms with Crippen molar-refractivity contribution in [2.75, 3.05) is 4.90 Å². The Balaban J connectivity index is 1.55. The van der Waals surface area contributed by atoms with Gasteiger partial charge in [0.05, 0.1) is 23.6 Å². The van der Waals surface area contributed by atoms with Gasteiger partial charge in [0.2, 0.25) is 29.0 Å². The van der Waals surface area contributed by atoms with Gasteiger partial charge in [0.15, 0.2) is 0 Å². The van der Waals surface area contributed by atoms with Gasteiger partial charge < -0.3 is 4.74 Å². The van der Waals surface area contributed by atoms with Crippen LogP contribution in [0.2, 0.25) is 10.0 Å². The van der Waals surface area contributed by atoms with Crippen molar-refractivity contribution in [3.05, 3.63) is 99.0 Å². The third-order valence-corrected chi connectivity index (χ3v) is 7.47. The zero-order valence-corrected chi connectivity index (χ0v) is 19.8. The molecule has 0 bridgehead atoms. The van der Waals surface area contributed by atoms with Crippen molar-refractivity contribution in [1.29, 1.82) is 0 Å². The summed E-state index contributed by atoms with van der Waals surface area (Å²) < 4.78 is 6.26. The third kappa shape index (κ3) is 2.94. The monoisotopic (exact) mass is 505 g/mol. The molecule has 0 N–H and O–H groups in total. The lowest BCUT2D eigenvalue weighted by atomic mass is 9.77. The molecule has 3 aromatic rings. The van der Waals surface area contributed by atoms with Crippen molar-refractivity contribution in [2.45, 2.75) is 18.6 Å². The van der Waals surface area contributed by atoms with E-state index in [1.807, 2.05) is 19.1 Å². The van der Waals surface area contributed by atoms with Gasteiger partial charge >= 0.3 is 0 Å². The number of benzene rings is 3. The molecule has 2 heterocycles. The zero-order valence-electron chi connectivity index (χ0n) is 18.3. The Hall–Kier alpha value is -3.32. The molecule has 8 heteroatoms. The van der Waals surface area contributed by atoms with Crippen LogP contribution in [0, 0.1) is 18.8 Å². The van der Waals surface area contributed by atoms with Gasteiger partial charge in [-0.3, -0.25) is 19.2 Å². The molecule has 0 aromatic heterocycles. The van der Waals surface area contributed by atoms with Crippen molar-refractivity contribution in [3.63, 3.8) is 0 Å². The van der Waals surface area contributed by atoms with E-state index in [0.29, 0.717) is 5.56 Å². The van der Waals surface area contributed by atoms with E-state index in [2.05, 4.69) is 0 Å². The van der Waals surface area contributed by atoms with Crippen LogP contribution < -0.4 is 4.90 Å². The molecule has 0 radical (unpaired) electrons. The fraction of sp³-hybridized carbons (Fsp3) is 0.185. The van der Waals surface area contributed by atoms with E-state index < -0.39 is 46.9 Å². The molecule has 3 aromatic carbocycles. The summed E-state index contributed by atoms with van der Waals surface area (Å²) in [5, 5.41) is 0.485. The lowest BCUT2D eigenvalue weighted by Crippen LogP contribution is -2.51. The van der Waals surface area contributed by atoms with Gasteiger partial charge in [-0.15, -0.1) is 0 Å². The highest BCUT2D eigenvalue weighted by atomic mass is 35.5. The maximum atomic E-state index is 13.9. The van der Waals surface area contributed by atoms with E-state index in [1.165, 1.54) is 30.3 Å². The van der Waals surface area contributed by atoms with Gasteiger partial charge in [-0.1, -0.05) is 77.3 Å². The number of anilines is 1. The number of fused-ring (bicyclic) bond motifs is 3. The lowest BCUT2D eigenvalue weighted by Gasteiger charge is -2.27. The minimum absolute atomic E-state index is 0.181.